The summed E-state index contributed by atoms with van der Waals surface area (Å²) < 4.78 is 43.2. The van der Waals surface area contributed by atoms with Gasteiger partial charge in [0.05, 0.1) is 11.9 Å². The number of likely N-dealkylation sites (N-methyl/N-ethyl adjacent to an activating group) is 1. The van der Waals surface area contributed by atoms with Crippen LogP contribution in [0.2, 0.25) is 0 Å². The van der Waals surface area contributed by atoms with Gasteiger partial charge in [-0.1, -0.05) is 24.3 Å². The van der Waals surface area contributed by atoms with Crippen LogP contribution in [-0.4, -0.2) is 43.7 Å². The zero-order valence-electron chi connectivity index (χ0n) is 18.1. The first kappa shape index (κ1) is 23.9. The van der Waals surface area contributed by atoms with Gasteiger partial charge in [-0.05, 0) is 30.7 Å². The first-order valence-corrected chi connectivity index (χ1v) is 12.1. The van der Waals surface area contributed by atoms with E-state index in [2.05, 4.69) is 25.9 Å². The van der Waals surface area contributed by atoms with Crippen molar-refractivity contribution in [3.05, 3.63) is 66.1 Å². The van der Waals surface area contributed by atoms with E-state index in [0.29, 0.717) is 29.2 Å². The first-order chi connectivity index (χ1) is 15.7. The summed E-state index contributed by atoms with van der Waals surface area (Å²) in [6.07, 6.45) is 2.14. The highest BCUT2D eigenvalue weighted by atomic mass is 32.2. The molecule has 0 aliphatic carbocycles. The molecule has 0 spiro atoms. The second kappa shape index (κ2) is 10.7. The fourth-order valence-corrected chi connectivity index (χ4v) is 3.70. The van der Waals surface area contributed by atoms with Crippen molar-refractivity contribution in [3.8, 4) is 5.75 Å². The van der Waals surface area contributed by atoms with Crippen molar-refractivity contribution in [1.82, 2.24) is 15.3 Å². The number of rotatable bonds is 10. The number of nitrogens with one attached hydrogen (secondary N) is 3. The number of para-hydroxylation sites is 1. The summed E-state index contributed by atoms with van der Waals surface area (Å²) >= 11 is 0. The normalized spacial score (nSPS) is 11.0. The summed E-state index contributed by atoms with van der Waals surface area (Å²) in [7, 11) is -3.28. The number of ether oxygens (including phenoxy) is 1. The van der Waals surface area contributed by atoms with E-state index < -0.39 is 15.7 Å². The molecule has 1 amide bonds. The number of sulfone groups is 1. The van der Waals surface area contributed by atoms with Crippen molar-refractivity contribution in [3.63, 3.8) is 0 Å². The van der Waals surface area contributed by atoms with Gasteiger partial charge < -0.3 is 20.7 Å². The standard InChI is InChI=1S/C22H24FN5O4S/c1-3-24-20(29)13-32-17-9-6-8-16(11-17)26-22-25-12-18(23)21(28-22)27-19-10-5-4-7-15(19)14-33(2,30)31/h4-12H,3,13-14H2,1-2H3,(H,24,29)(H2,25,26,27,28). The minimum atomic E-state index is -3.28. The molecule has 0 radical (unpaired) electrons. The van der Waals surface area contributed by atoms with Crippen LogP contribution in [0, 0.1) is 5.82 Å². The van der Waals surface area contributed by atoms with Gasteiger partial charge in [-0.15, -0.1) is 0 Å². The molecule has 0 saturated carbocycles. The van der Waals surface area contributed by atoms with E-state index in [9.17, 15) is 17.6 Å². The third kappa shape index (κ3) is 7.42. The van der Waals surface area contributed by atoms with Crippen LogP contribution in [-0.2, 0) is 20.4 Å². The van der Waals surface area contributed by atoms with Gasteiger partial charge in [-0.25, -0.2) is 17.8 Å². The first-order valence-electron chi connectivity index (χ1n) is 10.1. The topological polar surface area (TPSA) is 122 Å². The predicted octanol–water partition coefficient (Wildman–Crippen LogP) is 3.16. The van der Waals surface area contributed by atoms with Gasteiger partial charge >= 0.3 is 0 Å². The monoisotopic (exact) mass is 473 g/mol. The van der Waals surface area contributed by atoms with Crippen LogP contribution in [0.25, 0.3) is 0 Å². The molecule has 0 bridgehead atoms. The molecular weight excluding hydrogens is 449 g/mol. The van der Waals surface area contributed by atoms with Gasteiger partial charge in [0.25, 0.3) is 5.91 Å². The Morgan fingerprint density at radius 1 is 1.12 bits per heavy atom. The third-order valence-electron chi connectivity index (χ3n) is 4.27. The summed E-state index contributed by atoms with van der Waals surface area (Å²) in [5, 5.41) is 8.45. The molecule has 0 aliphatic rings. The van der Waals surface area contributed by atoms with Crippen LogP contribution in [0.1, 0.15) is 12.5 Å². The van der Waals surface area contributed by atoms with Gasteiger partial charge in [-0.2, -0.15) is 4.98 Å². The number of carbonyl (C=O) groups excluding carboxylic acids is 1. The maximum absolute atomic E-state index is 14.4. The van der Waals surface area contributed by atoms with Crippen molar-refractivity contribution in [2.45, 2.75) is 12.7 Å². The molecule has 174 valence electrons. The Hall–Kier alpha value is -3.73. The Morgan fingerprint density at radius 3 is 2.67 bits per heavy atom. The van der Waals surface area contributed by atoms with Gasteiger partial charge in [0, 0.05) is 30.2 Å². The van der Waals surface area contributed by atoms with Gasteiger partial charge in [0.2, 0.25) is 5.95 Å². The van der Waals surface area contributed by atoms with E-state index in [1.165, 1.54) is 0 Å². The van der Waals surface area contributed by atoms with E-state index in [1.54, 1.807) is 48.5 Å². The maximum Gasteiger partial charge on any atom is 0.257 e. The summed E-state index contributed by atoms with van der Waals surface area (Å²) in [5.74, 6) is -0.672. The van der Waals surface area contributed by atoms with Crippen molar-refractivity contribution >= 4 is 38.9 Å². The van der Waals surface area contributed by atoms with Crippen LogP contribution in [0.15, 0.2) is 54.7 Å². The molecule has 3 N–H and O–H groups in total. The molecule has 3 rings (SSSR count). The SMILES string of the molecule is CCNC(=O)COc1cccc(Nc2ncc(F)c(Nc3ccccc3CS(C)(=O)=O)n2)c1. The molecule has 0 saturated heterocycles. The van der Waals surface area contributed by atoms with Gasteiger partial charge in [0.1, 0.15) is 5.75 Å². The van der Waals surface area contributed by atoms with Gasteiger partial charge in [0.15, 0.2) is 28.1 Å². The van der Waals surface area contributed by atoms with E-state index >= 15 is 0 Å². The summed E-state index contributed by atoms with van der Waals surface area (Å²) in [4.78, 5) is 19.7. The number of anilines is 4. The number of amides is 1. The zero-order chi connectivity index (χ0) is 23.8. The van der Waals surface area contributed by atoms with Crippen molar-refractivity contribution in [2.24, 2.45) is 0 Å². The lowest BCUT2D eigenvalue weighted by atomic mass is 10.2. The second-order valence-electron chi connectivity index (χ2n) is 7.14. The van der Waals surface area contributed by atoms with Crippen molar-refractivity contribution in [1.29, 1.82) is 0 Å². The van der Waals surface area contributed by atoms with E-state index in [4.69, 9.17) is 4.74 Å². The van der Waals surface area contributed by atoms with Crippen LogP contribution < -0.4 is 20.7 Å². The van der Waals surface area contributed by atoms with E-state index in [-0.39, 0.29) is 30.0 Å². The van der Waals surface area contributed by atoms with Crippen LogP contribution >= 0.6 is 0 Å². The lowest BCUT2D eigenvalue weighted by Gasteiger charge is -2.13. The lowest BCUT2D eigenvalue weighted by Crippen LogP contribution is -2.28. The van der Waals surface area contributed by atoms with E-state index in [1.807, 2.05) is 6.92 Å². The molecule has 1 aromatic heterocycles. The number of carbonyl (C=O) groups is 1. The predicted molar refractivity (Wildman–Crippen MR) is 124 cm³/mol. The average molecular weight is 474 g/mol. The quantitative estimate of drug-likeness (QED) is 0.410. The highest BCUT2D eigenvalue weighted by Crippen LogP contribution is 2.25. The molecule has 2 aromatic carbocycles. The van der Waals surface area contributed by atoms with Gasteiger partial charge in [-0.3, -0.25) is 4.79 Å². The fourth-order valence-electron chi connectivity index (χ4n) is 2.88. The summed E-state index contributed by atoms with van der Waals surface area (Å²) in [6, 6.07) is 13.5. The minimum Gasteiger partial charge on any atom is -0.484 e. The fraction of sp³-hybridized carbons (Fsp3) is 0.227. The zero-order valence-corrected chi connectivity index (χ0v) is 18.9. The molecule has 11 heteroatoms. The number of hydrogen-bond donors (Lipinski definition) is 3. The molecule has 1 heterocycles. The van der Waals surface area contributed by atoms with Crippen LogP contribution in [0.4, 0.5) is 27.5 Å². The highest BCUT2D eigenvalue weighted by molar-refractivity contribution is 7.89. The molecule has 0 fully saturated rings. The van der Waals surface area contributed by atoms with Crippen molar-refractivity contribution < 1.29 is 22.3 Å². The number of hydrogen-bond acceptors (Lipinski definition) is 8. The Bertz CT molecular complexity index is 1240. The number of aromatic nitrogens is 2. The molecule has 33 heavy (non-hydrogen) atoms. The second-order valence-corrected chi connectivity index (χ2v) is 9.28. The molecule has 9 nitrogen and oxygen atoms in total. The van der Waals surface area contributed by atoms with E-state index in [0.717, 1.165) is 12.5 Å². The summed E-state index contributed by atoms with van der Waals surface area (Å²) in [5.41, 5.74) is 1.48. The number of nitrogens with zero attached hydrogens (tertiary/aromatic N) is 2. The smallest absolute Gasteiger partial charge is 0.257 e. The third-order valence-corrected chi connectivity index (χ3v) is 5.10. The Morgan fingerprint density at radius 2 is 1.91 bits per heavy atom. The lowest BCUT2D eigenvalue weighted by molar-refractivity contribution is -0.122. The molecule has 0 unspecified atom stereocenters. The maximum atomic E-state index is 14.4. The highest BCUT2D eigenvalue weighted by Gasteiger charge is 2.13. The Kier molecular flexibility index (Phi) is 7.78. The Labute approximate surface area is 191 Å². The number of halogens is 1. The Balaban J connectivity index is 1.75. The molecule has 0 aliphatic heterocycles. The number of benzene rings is 2. The average Bonchev–Trinajstić information content (AvgIpc) is 2.75. The molecular formula is C22H24FN5O4S. The van der Waals surface area contributed by atoms with Crippen LogP contribution in [0.5, 0.6) is 5.75 Å². The van der Waals surface area contributed by atoms with Crippen molar-refractivity contribution in [2.75, 3.05) is 30.0 Å². The molecule has 0 atom stereocenters. The molecule has 3 aromatic rings. The minimum absolute atomic E-state index is 0.111. The van der Waals surface area contributed by atoms with Crippen LogP contribution in [0.3, 0.4) is 0 Å². The summed E-state index contributed by atoms with van der Waals surface area (Å²) in [6.45, 7) is 2.21. The largest absolute Gasteiger partial charge is 0.484 e.